The molecule has 0 spiro atoms. The second kappa shape index (κ2) is 6.77. The molecule has 4 N–H and O–H groups in total. The van der Waals surface area contributed by atoms with Crippen LogP contribution in [0.1, 0.15) is 5.56 Å². The van der Waals surface area contributed by atoms with E-state index in [1.165, 1.54) is 0 Å². The van der Waals surface area contributed by atoms with Gasteiger partial charge in [-0.15, -0.1) is 0 Å². The predicted octanol–water partition coefficient (Wildman–Crippen LogP) is 1.28. The van der Waals surface area contributed by atoms with Gasteiger partial charge in [-0.3, -0.25) is 4.79 Å². The standard InChI is InChI=1S/C15H19N3O2/c16-13-6-5-12(11-14(13)17)3-1-2-4-15(19)18-7-9-20-10-8-18/h1-6,11H,7-10,16-17H2/b3-1+,4-2+. The summed E-state index contributed by atoms with van der Waals surface area (Å²) in [6.07, 6.45) is 6.97. The van der Waals surface area contributed by atoms with Gasteiger partial charge >= 0.3 is 0 Å². The van der Waals surface area contributed by atoms with E-state index in [9.17, 15) is 4.79 Å². The Bertz CT molecular complexity index is 532. The highest BCUT2D eigenvalue weighted by atomic mass is 16.5. The lowest BCUT2D eigenvalue weighted by Crippen LogP contribution is -2.39. The first-order valence-corrected chi connectivity index (χ1v) is 6.53. The van der Waals surface area contributed by atoms with Crippen LogP contribution < -0.4 is 11.5 Å². The Morgan fingerprint density at radius 2 is 1.90 bits per heavy atom. The molecule has 1 aliphatic rings. The number of ether oxygens (including phenoxy) is 1. The van der Waals surface area contributed by atoms with Crippen molar-refractivity contribution >= 4 is 23.4 Å². The number of carbonyl (C=O) groups is 1. The van der Waals surface area contributed by atoms with Crippen LogP contribution in [0.4, 0.5) is 11.4 Å². The normalized spacial score (nSPS) is 16.1. The lowest BCUT2D eigenvalue weighted by atomic mass is 10.1. The number of nitrogens with two attached hydrogens (primary N) is 2. The van der Waals surface area contributed by atoms with E-state index in [-0.39, 0.29) is 5.91 Å². The molecule has 1 aliphatic heterocycles. The van der Waals surface area contributed by atoms with Crippen LogP contribution in [-0.2, 0) is 9.53 Å². The van der Waals surface area contributed by atoms with Gasteiger partial charge in [0.05, 0.1) is 24.6 Å². The summed E-state index contributed by atoms with van der Waals surface area (Å²) in [5.74, 6) is 0.00905. The zero-order valence-electron chi connectivity index (χ0n) is 11.3. The van der Waals surface area contributed by atoms with Gasteiger partial charge in [0.2, 0.25) is 5.91 Å². The number of hydrogen-bond acceptors (Lipinski definition) is 4. The Balaban J connectivity index is 1.89. The van der Waals surface area contributed by atoms with Crippen molar-refractivity contribution in [1.82, 2.24) is 4.90 Å². The van der Waals surface area contributed by atoms with E-state index in [1.807, 2.05) is 18.2 Å². The summed E-state index contributed by atoms with van der Waals surface area (Å²) >= 11 is 0. The molecule has 1 aromatic rings. The van der Waals surface area contributed by atoms with Crippen LogP contribution in [-0.4, -0.2) is 37.1 Å². The van der Waals surface area contributed by atoms with Crippen LogP contribution in [0.15, 0.2) is 36.4 Å². The van der Waals surface area contributed by atoms with Gasteiger partial charge in [0.25, 0.3) is 0 Å². The van der Waals surface area contributed by atoms with Crippen molar-refractivity contribution in [3.8, 4) is 0 Å². The molecule has 1 amide bonds. The molecule has 5 heteroatoms. The van der Waals surface area contributed by atoms with Gasteiger partial charge in [-0.1, -0.05) is 24.3 Å². The van der Waals surface area contributed by atoms with Gasteiger partial charge in [0.15, 0.2) is 0 Å². The summed E-state index contributed by atoms with van der Waals surface area (Å²) in [6, 6.07) is 5.43. The smallest absolute Gasteiger partial charge is 0.246 e. The fraction of sp³-hybridized carbons (Fsp3) is 0.267. The Morgan fingerprint density at radius 3 is 2.60 bits per heavy atom. The summed E-state index contributed by atoms with van der Waals surface area (Å²) in [5, 5.41) is 0. The summed E-state index contributed by atoms with van der Waals surface area (Å²) in [4.78, 5) is 13.6. The van der Waals surface area contributed by atoms with Crippen LogP contribution in [0, 0.1) is 0 Å². The number of allylic oxidation sites excluding steroid dienone is 2. The molecule has 0 radical (unpaired) electrons. The number of nitrogens with zero attached hydrogens (tertiary/aromatic N) is 1. The van der Waals surface area contributed by atoms with E-state index in [0.29, 0.717) is 37.7 Å². The number of morpholine rings is 1. The van der Waals surface area contributed by atoms with Crippen LogP contribution in [0.5, 0.6) is 0 Å². The van der Waals surface area contributed by atoms with Crippen LogP contribution in [0.3, 0.4) is 0 Å². The fourth-order valence-corrected chi connectivity index (χ4v) is 1.89. The zero-order chi connectivity index (χ0) is 14.4. The van der Waals surface area contributed by atoms with E-state index in [0.717, 1.165) is 5.56 Å². The lowest BCUT2D eigenvalue weighted by molar-refractivity contribution is -0.129. The number of benzene rings is 1. The van der Waals surface area contributed by atoms with Gasteiger partial charge < -0.3 is 21.1 Å². The molecule has 20 heavy (non-hydrogen) atoms. The molecule has 0 atom stereocenters. The minimum Gasteiger partial charge on any atom is -0.397 e. The SMILES string of the molecule is Nc1ccc(/C=C/C=C/C(=O)N2CCOCC2)cc1N. The molecular weight excluding hydrogens is 254 g/mol. The van der Waals surface area contributed by atoms with E-state index in [2.05, 4.69) is 0 Å². The van der Waals surface area contributed by atoms with Crippen molar-refractivity contribution in [2.75, 3.05) is 37.8 Å². The molecule has 1 fully saturated rings. The molecular formula is C15H19N3O2. The minimum absolute atomic E-state index is 0.00905. The summed E-state index contributed by atoms with van der Waals surface area (Å²) < 4.78 is 5.20. The van der Waals surface area contributed by atoms with Crippen LogP contribution in [0.2, 0.25) is 0 Å². The van der Waals surface area contributed by atoms with Crippen molar-refractivity contribution in [3.63, 3.8) is 0 Å². The quantitative estimate of drug-likeness (QED) is 0.494. The summed E-state index contributed by atoms with van der Waals surface area (Å²) in [6.45, 7) is 2.53. The van der Waals surface area contributed by atoms with Gasteiger partial charge in [-0.25, -0.2) is 0 Å². The highest BCUT2D eigenvalue weighted by Crippen LogP contribution is 2.16. The Hall–Kier alpha value is -2.27. The van der Waals surface area contributed by atoms with E-state index < -0.39 is 0 Å². The average Bonchev–Trinajstić information content (AvgIpc) is 2.48. The number of amides is 1. The van der Waals surface area contributed by atoms with Crippen molar-refractivity contribution in [1.29, 1.82) is 0 Å². The predicted molar refractivity (Wildman–Crippen MR) is 80.8 cm³/mol. The maximum Gasteiger partial charge on any atom is 0.246 e. The van der Waals surface area contributed by atoms with E-state index >= 15 is 0 Å². The molecule has 1 aromatic carbocycles. The zero-order valence-corrected chi connectivity index (χ0v) is 11.3. The molecule has 1 saturated heterocycles. The molecule has 2 rings (SSSR count). The first-order valence-electron chi connectivity index (χ1n) is 6.53. The van der Waals surface area contributed by atoms with Crippen molar-refractivity contribution < 1.29 is 9.53 Å². The van der Waals surface area contributed by atoms with Gasteiger partial charge in [-0.05, 0) is 17.7 Å². The minimum atomic E-state index is 0.00905. The maximum atomic E-state index is 11.8. The van der Waals surface area contributed by atoms with Crippen LogP contribution in [0.25, 0.3) is 6.08 Å². The number of carbonyl (C=O) groups excluding carboxylic acids is 1. The summed E-state index contributed by atoms with van der Waals surface area (Å²) in [5.41, 5.74) is 13.4. The Morgan fingerprint density at radius 1 is 1.15 bits per heavy atom. The Labute approximate surface area is 118 Å². The first kappa shape index (κ1) is 14.1. The third-order valence-electron chi connectivity index (χ3n) is 3.07. The molecule has 1 heterocycles. The van der Waals surface area contributed by atoms with Crippen molar-refractivity contribution in [3.05, 3.63) is 42.0 Å². The molecule has 0 saturated carbocycles. The fourth-order valence-electron chi connectivity index (χ4n) is 1.89. The summed E-state index contributed by atoms with van der Waals surface area (Å²) in [7, 11) is 0. The molecule has 106 valence electrons. The van der Waals surface area contributed by atoms with E-state index in [1.54, 1.807) is 29.2 Å². The van der Waals surface area contributed by atoms with E-state index in [4.69, 9.17) is 16.2 Å². The third-order valence-corrected chi connectivity index (χ3v) is 3.07. The molecule has 0 bridgehead atoms. The number of nitrogen functional groups attached to an aromatic ring is 2. The lowest BCUT2D eigenvalue weighted by Gasteiger charge is -2.25. The highest BCUT2D eigenvalue weighted by molar-refractivity contribution is 5.88. The van der Waals surface area contributed by atoms with Crippen molar-refractivity contribution in [2.45, 2.75) is 0 Å². The third kappa shape index (κ3) is 3.86. The monoisotopic (exact) mass is 273 g/mol. The second-order valence-electron chi connectivity index (χ2n) is 4.54. The molecule has 0 aromatic heterocycles. The second-order valence-corrected chi connectivity index (χ2v) is 4.54. The van der Waals surface area contributed by atoms with Gasteiger partial charge in [0, 0.05) is 19.2 Å². The van der Waals surface area contributed by atoms with Gasteiger partial charge in [-0.2, -0.15) is 0 Å². The Kier molecular flexibility index (Phi) is 4.79. The average molecular weight is 273 g/mol. The highest BCUT2D eigenvalue weighted by Gasteiger charge is 2.13. The maximum absolute atomic E-state index is 11.8. The number of rotatable bonds is 3. The molecule has 0 aliphatic carbocycles. The molecule has 5 nitrogen and oxygen atoms in total. The topological polar surface area (TPSA) is 81.6 Å². The molecule has 0 unspecified atom stereocenters. The number of hydrogen-bond donors (Lipinski definition) is 2. The largest absolute Gasteiger partial charge is 0.397 e. The van der Waals surface area contributed by atoms with Crippen LogP contribution >= 0.6 is 0 Å². The first-order chi connectivity index (χ1) is 9.66. The van der Waals surface area contributed by atoms with Crippen molar-refractivity contribution in [2.24, 2.45) is 0 Å². The van der Waals surface area contributed by atoms with Gasteiger partial charge in [0.1, 0.15) is 0 Å². The number of anilines is 2.